The first-order chi connectivity index (χ1) is 13.2. The van der Waals surface area contributed by atoms with E-state index in [0.717, 1.165) is 29.9 Å². The van der Waals surface area contributed by atoms with Gasteiger partial charge in [0.1, 0.15) is 0 Å². The van der Waals surface area contributed by atoms with Gasteiger partial charge in [-0.25, -0.2) is 13.6 Å². The van der Waals surface area contributed by atoms with Crippen LogP contribution in [0.5, 0.6) is 0 Å². The topological polar surface area (TPSA) is 89.2 Å². The summed E-state index contributed by atoms with van der Waals surface area (Å²) < 4.78 is 22.4. The highest BCUT2D eigenvalue weighted by molar-refractivity contribution is 7.89. The minimum absolute atomic E-state index is 0.0173. The first-order valence-electron chi connectivity index (χ1n) is 9.74. The standard InChI is InChI=1S/C21H32N4O2S/c1-16(2)19-8-7-9-23-21(19)15-25(10-5-6-11-28(22,26)27)14-20-18(4)12-17(3)13-24-20/h7-9,12-13,16H,5-6,10-11,14-15H2,1-4H3,(H2,22,26,27). The van der Waals surface area contributed by atoms with Crippen molar-refractivity contribution in [2.45, 2.75) is 59.5 Å². The number of aromatic nitrogens is 2. The first kappa shape index (κ1) is 22.5. The van der Waals surface area contributed by atoms with Gasteiger partial charge < -0.3 is 0 Å². The van der Waals surface area contributed by atoms with Crippen molar-refractivity contribution >= 4 is 10.0 Å². The summed E-state index contributed by atoms with van der Waals surface area (Å²) in [5.74, 6) is 0.413. The molecule has 0 amide bonds. The number of hydrogen-bond donors (Lipinski definition) is 1. The molecular formula is C21H32N4O2S. The molecule has 6 nitrogen and oxygen atoms in total. The molecule has 0 radical (unpaired) electrons. The molecule has 0 spiro atoms. The van der Waals surface area contributed by atoms with Crippen molar-refractivity contribution in [1.29, 1.82) is 0 Å². The van der Waals surface area contributed by atoms with E-state index in [-0.39, 0.29) is 5.75 Å². The van der Waals surface area contributed by atoms with E-state index >= 15 is 0 Å². The van der Waals surface area contributed by atoms with Gasteiger partial charge in [0.25, 0.3) is 0 Å². The molecule has 154 valence electrons. The summed E-state index contributed by atoms with van der Waals surface area (Å²) in [6.45, 7) is 10.6. The Labute approximate surface area is 169 Å². The molecule has 0 aliphatic heterocycles. The van der Waals surface area contributed by atoms with Crippen LogP contribution in [-0.2, 0) is 23.1 Å². The number of unbranched alkanes of at least 4 members (excludes halogenated alkanes) is 1. The molecule has 0 saturated carbocycles. The zero-order valence-corrected chi connectivity index (χ0v) is 18.2. The summed E-state index contributed by atoms with van der Waals surface area (Å²) in [6.07, 6.45) is 5.03. The lowest BCUT2D eigenvalue weighted by atomic mass is 10.0. The first-order valence-corrected chi connectivity index (χ1v) is 11.5. The molecule has 2 rings (SSSR count). The highest BCUT2D eigenvalue weighted by atomic mass is 32.2. The van der Waals surface area contributed by atoms with Gasteiger partial charge in [0, 0.05) is 25.5 Å². The predicted octanol–water partition coefficient (Wildman–Crippen LogP) is 3.29. The lowest BCUT2D eigenvalue weighted by Gasteiger charge is -2.24. The molecule has 0 saturated heterocycles. The van der Waals surface area contributed by atoms with E-state index in [1.54, 1.807) is 0 Å². The number of primary sulfonamides is 1. The molecule has 2 aromatic heterocycles. The predicted molar refractivity (Wildman–Crippen MR) is 113 cm³/mol. The maximum atomic E-state index is 11.2. The molecule has 0 unspecified atom stereocenters. The van der Waals surface area contributed by atoms with Crippen molar-refractivity contribution in [1.82, 2.24) is 14.9 Å². The molecule has 2 aromatic rings. The fraction of sp³-hybridized carbons (Fsp3) is 0.524. The van der Waals surface area contributed by atoms with Gasteiger partial charge in [0.15, 0.2) is 0 Å². The van der Waals surface area contributed by atoms with Crippen LogP contribution in [0.1, 0.15) is 60.7 Å². The van der Waals surface area contributed by atoms with E-state index in [1.807, 2.05) is 25.4 Å². The second-order valence-corrected chi connectivity index (χ2v) is 9.49. The smallest absolute Gasteiger partial charge is 0.209 e. The van der Waals surface area contributed by atoms with Crippen molar-refractivity contribution in [3.8, 4) is 0 Å². The third-order valence-corrected chi connectivity index (χ3v) is 5.63. The van der Waals surface area contributed by atoms with Crippen molar-refractivity contribution < 1.29 is 8.42 Å². The summed E-state index contributed by atoms with van der Waals surface area (Å²) >= 11 is 0. The SMILES string of the molecule is Cc1cnc(CN(CCCCS(N)(=O)=O)Cc2ncccc2C(C)C)c(C)c1. The van der Waals surface area contributed by atoms with E-state index in [1.165, 1.54) is 11.1 Å². The van der Waals surface area contributed by atoms with E-state index in [4.69, 9.17) is 5.14 Å². The third kappa shape index (κ3) is 7.30. The van der Waals surface area contributed by atoms with Crippen molar-refractivity contribution in [3.05, 3.63) is 58.7 Å². The number of nitrogens with zero attached hydrogens (tertiary/aromatic N) is 3. The molecule has 0 aliphatic rings. The molecular weight excluding hydrogens is 372 g/mol. The van der Waals surface area contributed by atoms with Gasteiger partial charge in [-0.1, -0.05) is 26.0 Å². The largest absolute Gasteiger partial charge is 0.292 e. The Morgan fingerprint density at radius 3 is 2.46 bits per heavy atom. The molecule has 0 fully saturated rings. The van der Waals surface area contributed by atoms with Gasteiger partial charge in [0.05, 0.1) is 17.1 Å². The summed E-state index contributed by atoms with van der Waals surface area (Å²) in [5, 5.41) is 5.13. The van der Waals surface area contributed by atoms with Crippen LogP contribution in [0.4, 0.5) is 0 Å². The zero-order valence-electron chi connectivity index (χ0n) is 17.4. The minimum atomic E-state index is -3.41. The fourth-order valence-corrected chi connectivity index (χ4v) is 3.90. The quantitative estimate of drug-likeness (QED) is 0.614. The van der Waals surface area contributed by atoms with Crippen LogP contribution in [0, 0.1) is 13.8 Å². The lowest BCUT2D eigenvalue weighted by molar-refractivity contribution is 0.245. The lowest BCUT2D eigenvalue weighted by Crippen LogP contribution is -2.27. The molecule has 0 atom stereocenters. The van der Waals surface area contributed by atoms with Crippen LogP contribution in [0.25, 0.3) is 0 Å². The van der Waals surface area contributed by atoms with Crippen LogP contribution in [0.3, 0.4) is 0 Å². The van der Waals surface area contributed by atoms with Crippen LogP contribution in [-0.4, -0.2) is 35.6 Å². The second-order valence-electron chi connectivity index (χ2n) is 7.76. The van der Waals surface area contributed by atoms with Gasteiger partial charge in [-0.2, -0.15) is 0 Å². The Morgan fingerprint density at radius 1 is 1.11 bits per heavy atom. The molecule has 0 bridgehead atoms. The van der Waals surface area contributed by atoms with Crippen LogP contribution < -0.4 is 5.14 Å². The average Bonchev–Trinajstić information content (AvgIpc) is 2.60. The summed E-state index contributed by atoms with van der Waals surface area (Å²) in [7, 11) is -3.41. The summed E-state index contributed by atoms with van der Waals surface area (Å²) in [6, 6.07) is 6.24. The van der Waals surface area contributed by atoms with Crippen molar-refractivity contribution in [2.24, 2.45) is 5.14 Å². The van der Waals surface area contributed by atoms with E-state index < -0.39 is 10.0 Å². The minimum Gasteiger partial charge on any atom is -0.292 e. The number of sulfonamides is 1. The maximum Gasteiger partial charge on any atom is 0.209 e. The Kier molecular flexibility index (Phi) is 8.10. The number of rotatable bonds is 10. The average molecular weight is 405 g/mol. The Balaban J connectivity index is 2.15. The number of hydrogen-bond acceptors (Lipinski definition) is 5. The second kappa shape index (κ2) is 10.1. The molecule has 7 heteroatoms. The molecule has 2 heterocycles. The summed E-state index contributed by atoms with van der Waals surface area (Å²) in [5.41, 5.74) is 5.66. The Hall–Kier alpha value is -1.83. The monoisotopic (exact) mass is 404 g/mol. The van der Waals surface area contributed by atoms with Crippen LogP contribution >= 0.6 is 0 Å². The number of aryl methyl sites for hydroxylation is 2. The fourth-order valence-electron chi connectivity index (χ4n) is 3.29. The Bertz CT molecular complexity index is 882. The van der Waals surface area contributed by atoms with Gasteiger partial charge in [-0.3, -0.25) is 14.9 Å². The van der Waals surface area contributed by atoms with Crippen molar-refractivity contribution in [3.63, 3.8) is 0 Å². The van der Waals surface area contributed by atoms with Gasteiger partial charge >= 0.3 is 0 Å². The molecule has 2 N–H and O–H groups in total. The highest BCUT2D eigenvalue weighted by Gasteiger charge is 2.15. The Morgan fingerprint density at radius 2 is 1.82 bits per heavy atom. The van der Waals surface area contributed by atoms with Gasteiger partial charge in [-0.05, 0) is 61.9 Å². The van der Waals surface area contributed by atoms with Gasteiger partial charge in [0.2, 0.25) is 10.0 Å². The number of nitrogens with two attached hydrogens (primary N) is 1. The van der Waals surface area contributed by atoms with E-state index in [0.29, 0.717) is 25.4 Å². The zero-order chi connectivity index (χ0) is 20.7. The van der Waals surface area contributed by atoms with Crippen molar-refractivity contribution in [2.75, 3.05) is 12.3 Å². The number of pyridine rings is 2. The summed E-state index contributed by atoms with van der Waals surface area (Å²) in [4.78, 5) is 11.5. The van der Waals surface area contributed by atoms with Crippen LogP contribution in [0.2, 0.25) is 0 Å². The maximum absolute atomic E-state index is 11.2. The van der Waals surface area contributed by atoms with E-state index in [2.05, 4.69) is 47.8 Å². The molecule has 0 aromatic carbocycles. The normalized spacial score (nSPS) is 12.1. The van der Waals surface area contributed by atoms with E-state index in [9.17, 15) is 8.42 Å². The molecule has 0 aliphatic carbocycles. The third-order valence-electron chi connectivity index (χ3n) is 4.77. The highest BCUT2D eigenvalue weighted by Crippen LogP contribution is 2.20. The van der Waals surface area contributed by atoms with Gasteiger partial charge in [-0.15, -0.1) is 0 Å². The molecule has 28 heavy (non-hydrogen) atoms. The van der Waals surface area contributed by atoms with Crippen LogP contribution in [0.15, 0.2) is 30.6 Å².